The second-order valence-electron chi connectivity index (χ2n) is 6.67. The molecule has 7 heteroatoms. The lowest BCUT2D eigenvalue weighted by molar-refractivity contribution is -0.113. The Morgan fingerprint density at radius 2 is 2.00 bits per heavy atom. The van der Waals surface area contributed by atoms with Gasteiger partial charge in [0, 0.05) is 23.5 Å². The molecule has 0 spiro atoms. The molecule has 1 atom stereocenters. The summed E-state index contributed by atoms with van der Waals surface area (Å²) in [6, 6.07) is 12.3. The molecule has 0 bridgehead atoms. The number of hydrogen-bond donors (Lipinski definition) is 1. The van der Waals surface area contributed by atoms with Crippen LogP contribution in [0, 0.1) is 0 Å². The van der Waals surface area contributed by atoms with Crippen LogP contribution < -0.4 is 5.32 Å². The van der Waals surface area contributed by atoms with Crippen LogP contribution in [0.4, 0.5) is 5.69 Å². The Morgan fingerprint density at radius 3 is 2.64 bits per heavy atom. The third-order valence-electron chi connectivity index (χ3n) is 4.73. The molecule has 3 rings (SSSR count). The van der Waals surface area contributed by atoms with Gasteiger partial charge in [0.2, 0.25) is 5.91 Å². The number of amides is 1. The average Bonchev–Trinajstić information content (AvgIpc) is 3.36. The minimum Gasteiger partial charge on any atom is -0.325 e. The van der Waals surface area contributed by atoms with Crippen molar-refractivity contribution in [2.24, 2.45) is 0 Å². The van der Waals surface area contributed by atoms with Gasteiger partial charge in [-0.2, -0.15) is 0 Å². The number of anilines is 1. The first-order valence-electron chi connectivity index (χ1n) is 9.57. The predicted molar refractivity (Wildman–Crippen MR) is 117 cm³/mol. The second kappa shape index (κ2) is 9.89. The van der Waals surface area contributed by atoms with Crippen LogP contribution in [-0.2, 0) is 17.8 Å². The molecule has 0 fully saturated rings. The first-order valence-corrected chi connectivity index (χ1v) is 11.4. The molecule has 0 saturated heterocycles. The van der Waals surface area contributed by atoms with E-state index in [1.807, 2.05) is 18.2 Å². The van der Waals surface area contributed by atoms with Gasteiger partial charge >= 0.3 is 0 Å². The summed E-state index contributed by atoms with van der Waals surface area (Å²) in [4.78, 5) is 13.6. The highest BCUT2D eigenvalue weighted by Crippen LogP contribution is 2.22. The van der Waals surface area contributed by atoms with Crippen LogP contribution in [0.3, 0.4) is 0 Å². The quantitative estimate of drug-likeness (QED) is 0.489. The summed E-state index contributed by atoms with van der Waals surface area (Å²) >= 11 is 3.14. The topological polar surface area (TPSA) is 59.8 Å². The summed E-state index contributed by atoms with van der Waals surface area (Å²) in [6.45, 7) is 7.25. The standard InChI is InChI=1S/C21H26N4OS2/c1-4-15(3)16-8-10-17(11-9-16)22-20(26)14-28-21-24-23-19(25(21)5-2)13-18-7-6-12-27-18/h6-12,15H,4-5,13-14H2,1-3H3,(H,22,26)/t15-/m0/s1. The van der Waals surface area contributed by atoms with Gasteiger partial charge in [-0.25, -0.2) is 0 Å². The van der Waals surface area contributed by atoms with E-state index in [-0.39, 0.29) is 5.91 Å². The summed E-state index contributed by atoms with van der Waals surface area (Å²) in [6.07, 6.45) is 1.88. The van der Waals surface area contributed by atoms with Crippen molar-refractivity contribution in [1.82, 2.24) is 14.8 Å². The SMILES string of the molecule is CC[C@H](C)c1ccc(NC(=O)CSc2nnc(Cc3cccs3)n2CC)cc1. The van der Waals surface area contributed by atoms with Crippen LogP contribution in [0.25, 0.3) is 0 Å². The molecule has 0 aliphatic rings. The van der Waals surface area contributed by atoms with Gasteiger partial charge in [0.1, 0.15) is 5.82 Å². The molecule has 3 aromatic rings. The lowest BCUT2D eigenvalue weighted by Crippen LogP contribution is -2.14. The highest BCUT2D eigenvalue weighted by atomic mass is 32.2. The molecule has 0 saturated carbocycles. The smallest absolute Gasteiger partial charge is 0.234 e. The molecule has 0 aliphatic carbocycles. The fourth-order valence-electron chi connectivity index (χ4n) is 2.90. The van der Waals surface area contributed by atoms with Crippen molar-refractivity contribution >= 4 is 34.7 Å². The molecular formula is C21H26N4OS2. The second-order valence-corrected chi connectivity index (χ2v) is 8.64. The zero-order valence-corrected chi connectivity index (χ0v) is 18.1. The van der Waals surface area contributed by atoms with Crippen molar-refractivity contribution in [3.8, 4) is 0 Å². The number of carbonyl (C=O) groups is 1. The van der Waals surface area contributed by atoms with Gasteiger partial charge in [-0.05, 0) is 48.4 Å². The van der Waals surface area contributed by atoms with Gasteiger partial charge in [-0.15, -0.1) is 21.5 Å². The van der Waals surface area contributed by atoms with Crippen molar-refractivity contribution in [3.63, 3.8) is 0 Å². The van der Waals surface area contributed by atoms with E-state index in [9.17, 15) is 4.79 Å². The zero-order valence-electron chi connectivity index (χ0n) is 16.5. The third-order valence-corrected chi connectivity index (χ3v) is 6.57. The molecule has 28 heavy (non-hydrogen) atoms. The van der Waals surface area contributed by atoms with E-state index in [2.05, 4.69) is 64.4 Å². The van der Waals surface area contributed by atoms with E-state index in [0.29, 0.717) is 11.7 Å². The number of aromatic nitrogens is 3. The lowest BCUT2D eigenvalue weighted by Gasteiger charge is -2.10. The van der Waals surface area contributed by atoms with Gasteiger partial charge in [0.15, 0.2) is 5.16 Å². The van der Waals surface area contributed by atoms with E-state index in [4.69, 9.17) is 0 Å². The fourth-order valence-corrected chi connectivity index (χ4v) is 4.42. The van der Waals surface area contributed by atoms with E-state index in [0.717, 1.165) is 36.1 Å². The molecule has 1 N–H and O–H groups in total. The maximum absolute atomic E-state index is 12.3. The minimum absolute atomic E-state index is 0.0354. The molecule has 148 valence electrons. The molecule has 0 aliphatic heterocycles. The Labute approximate surface area is 174 Å². The predicted octanol–water partition coefficient (Wildman–Crippen LogP) is 5.19. The van der Waals surface area contributed by atoms with Gasteiger partial charge < -0.3 is 9.88 Å². The van der Waals surface area contributed by atoms with Crippen LogP contribution in [-0.4, -0.2) is 26.4 Å². The van der Waals surface area contributed by atoms with E-state index < -0.39 is 0 Å². The van der Waals surface area contributed by atoms with Crippen LogP contribution in [0.2, 0.25) is 0 Å². The summed E-state index contributed by atoms with van der Waals surface area (Å²) < 4.78 is 2.08. The molecule has 2 aromatic heterocycles. The van der Waals surface area contributed by atoms with Crippen molar-refractivity contribution in [3.05, 3.63) is 58.0 Å². The monoisotopic (exact) mass is 414 g/mol. The van der Waals surface area contributed by atoms with Gasteiger partial charge in [0.05, 0.1) is 5.75 Å². The molecule has 1 aromatic carbocycles. The van der Waals surface area contributed by atoms with E-state index in [1.54, 1.807) is 11.3 Å². The van der Waals surface area contributed by atoms with Crippen molar-refractivity contribution < 1.29 is 4.79 Å². The number of hydrogen-bond acceptors (Lipinski definition) is 5. The summed E-state index contributed by atoms with van der Waals surface area (Å²) in [5.74, 6) is 1.74. The Hall–Kier alpha value is -2.12. The first-order chi connectivity index (χ1) is 13.6. The molecule has 1 amide bonds. The fraction of sp³-hybridized carbons (Fsp3) is 0.381. The van der Waals surface area contributed by atoms with Crippen LogP contribution in [0.5, 0.6) is 0 Å². The first kappa shape index (κ1) is 20.6. The summed E-state index contributed by atoms with van der Waals surface area (Å²) in [5, 5.41) is 14.4. The number of nitrogens with one attached hydrogen (secondary N) is 1. The van der Waals surface area contributed by atoms with E-state index in [1.165, 1.54) is 22.2 Å². The number of thioether (sulfide) groups is 1. The Kier molecular flexibility index (Phi) is 7.28. The number of rotatable bonds is 9. The third kappa shape index (κ3) is 5.23. The maximum atomic E-state index is 12.3. The number of carbonyl (C=O) groups excluding carboxylic acids is 1. The highest BCUT2D eigenvalue weighted by Gasteiger charge is 2.14. The Bertz CT molecular complexity index is 888. The number of thiophene rings is 1. The molecular weight excluding hydrogens is 388 g/mol. The lowest BCUT2D eigenvalue weighted by atomic mass is 9.99. The summed E-state index contributed by atoms with van der Waals surface area (Å²) in [5.41, 5.74) is 2.12. The zero-order chi connectivity index (χ0) is 19.9. The van der Waals surface area contributed by atoms with Crippen molar-refractivity contribution in [2.45, 2.75) is 51.2 Å². The largest absolute Gasteiger partial charge is 0.325 e. The van der Waals surface area contributed by atoms with Gasteiger partial charge in [-0.1, -0.05) is 43.8 Å². The average molecular weight is 415 g/mol. The van der Waals surface area contributed by atoms with Crippen LogP contribution >= 0.6 is 23.1 Å². The molecule has 0 radical (unpaired) electrons. The molecule has 2 heterocycles. The van der Waals surface area contributed by atoms with Gasteiger partial charge in [-0.3, -0.25) is 4.79 Å². The summed E-state index contributed by atoms with van der Waals surface area (Å²) in [7, 11) is 0. The molecule has 5 nitrogen and oxygen atoms in total. The highest BCUT2D eigenvalue weighted by molar-refractivity contribution is 7.99. The van der Waals surface area contributed by atoms with Crippen molar-refractivity contribution in [1.29, 1.82) is 0 Å². The van der Waals surface area contributed by atoms with Crippen LogP contribution in [0.1, 0.15) is 49.4 Å². The number of nitrogens with zero attached hydrogens (tertiary/aromatic N) is 3. The number of benzene rings is 1. The van der Waals surface area contributed by atoms with Crippen LogP contribution in [0.15, 0.2) is 46.9 Å². The normalized spacial score (nSPS) is 12.1. The van der Waals surface area contributed by atoms with Gasteiger partial charge in [0.25, 0.3) is 0 Å². The Balaban J connectivity index is 1.56. The minimum atomic E-state index is -0.0354. The maximum Gasteiger partial charge on any atom is 0.234 e. The molecule has 0 unspecified atom stereocenters. The van der Waals surface area contributed by atoms with E-state index >= 15 is 0 Å². The van der Waals surface area contributed by atoms with Crippen molar-refractivity contribution in [2.75, 3.05) is 11.1 Å². The Morgan fingerprint density at radius 1 is 1.21 bits per heavy atom.